The van der Waals surface area contributed by atoms with Crippen molar-refractivity contribution >= 4 is 49.3 Å². The second-order valence-electron chi connectivity index (χ2n) is 10.1. The van der Waals surface area contributed by atoms with Gasteiger partial charge in [-0.15, -0.1) is 0 Å². The summed E-state index contributed by atoms with van der Waals surface area (Å²) in [6.07, 6.45) is 0. The van der Waals surface area contributed by atoms with Crippen LogP contribution >= 0.6 is 0 Å². The standard InChI is InChI=1S/C37H23N3/c1-38-26-21-22-28(37(24-26)40-35-19-8-4-15-31(35)32-16-5-9-20-36(32)40)25-11-10-12-27(23-25)39-33-17-6-2-13-29(33)30-14-3-7-18-34(30)39/h2-24H. The molecule has 0 saturated heterocycles. The lowest BCUT2D eigenvalue weighted by Crippen LogP contribution is -1.98. The molecule has 3 heteroatoms. The molecule has 0 atom stereocenters. The normalized spacial score (nSPS) is 11.5. The van der Waals surface area contributed by atoms with E-state index in [4.69, 9.17) is 6.57 Å². The molecule has 0 bridgehead atoms. The monoisotopic (exact) mass is 509 g/mol. The Labute approximate surface area is 231 Å². The average Bonchev–Trinajstić information content (AvgIpc) is 3.54. The average molecular weight is 510 g/mol. The van der Waals surface area contributed by atoms with Gasteiger partial charge in [-0.05, 0) is 48.0 Å². The quantitative estimate of drug-likeness (QED) is 0.210. The van der Waals surface area contributed by atoms with Crippen molar-refractivity contribution in [3.05, 3.63) is 151 Å². The van der Waals surface area contributed by atoms with E-state index < -0.39 is 0 Å². The Balaban J connectivity index is 1.41. The van der Waals surface area contributed by atoms with E-state index in [0.29, 0.717) is 5.69 Å². The largest absolute Gasteiger partial charge is 0.310 e. The number of hydrogen-bond acceptors (Lipinski definition) is 0. The van der Waals surface area contributed by atoms with Gasteiger partial charge in [0.2, 0.25) is 0 Å². The van der Waals surface area contributed by atoms with E-state index in [1.165, 1.54) is 32.6 Å². The first kappa shape index (κ1) is 22.4. The van der Waals surface area contributed by atoms with Crippen LogP contribution in [0.4, 0.5) is 5.69 Å². The van der Waals surface area contributed by atoms with Gasteiger partial charge in [0, 0.05) is 38.5 Å². The number of fused-ring (bicyclic) bond motifs is 6. The molecule has 0 unspecified atom stereocenters. The molecule has 2 heterocycles. The van der Waals surface area contributed by atoms with Gasteiger partial charge in [0.15, 0.2) is 5.69 Å². The molecule has 6 aromatic carbocycles. The molecule has 0 radical (unpaired) electrons. The third-order valence-corrected chi connectivity index (χ3v) is 7.93. The summed E-state index contributed by atoms with van der Waals surface area (Å²) in [5.74, 6) is 0. The van der Waals surface area contributed by atoms with Crippen molar-refractivity contribution in [2.75, 3.05) is 0 Å². The fourth-order valence-electron chi connectivity index (χ4n) is 6.21. The van der Waals surface area contributed by atoms with Crippen LogP contribution in [0.5, 0.6) is 0 Å². The molecular weight excluding hydrogens is 486 g/mol. The van der Waals surface area contributed by atoms with Crippen molar-refractivity contribution in [1.29, 1.82) is 0 Å². The van der Waals surface area contributed by atoms with E-state index >= 15 is 0 Å². The zero-order valence-electron chi connectivity index (χ0n) is 21.6. The fraction of sp³-hybridized carbons (Fsp3) is 0. The second kappa shape index (κ2) is 8.73. The Bertz CT molecular complexity index is 2180. The molecule has 40 heavy (non-hydrogen) atoms. The molecule has 0 aliphatic carbocycles. The van der Waals surface area contributed by atoms with Crippen molar-refractivity contribution < 1.29 is 0 Å². The third-order valence-electron chi connectivity index (χ3n) is 7.93. The molecule has 0 fully saturated rings. The molecule has 0 N–H and O–H groups in total. The topological polar surface area (TPSA) is 14.2 Å². The molecule has 8 rings (SSSR count). The maximum absolute atomic E-state index is 7.76. The van der Waals surface area contributed by atoms with E-state index in [1.807, 2.05) is 12.1 Å². The summed E-state index contributed by atoms with van der Waals surface area (Å²) >= 11 is 0. The lowest BCUT2D eigenvalue weighted by molar-refractivity contribution is 1.17. The van der Waals surface area contributed by atoms with Gasteiger partial charge in [-0.3, -0.25) is 0 Å². The number of hydrogen-bond donors (Lipinski definition) is 0. The Morgan fingerprint density at radius 3 is 1.48 bits per heavy atom. The van der Waals surface area contributed by atoms with Crippen molar-refractivity contribution in [1.82, 2.24) is 9.13 Å². The van der Waals surface area contributed by atoms with E-state index in [9.17, 15) is 0 Å². The highest BCUT2D eigenvalue weighted by atomic mass is 15.0. The van der Waals surface area contributed by atoms with Crippen LogP contribution in [0.15, 0.2) is 140 Å². The molecule has 2 aromatic heterocycles. The van der Waals surface area contributed by atoms with Crippen molar-refractivity contribution in [2.45, 2.75) is 0 Å². The molecule has 0 saturated carbocycles. The summed E-state index contributed by atoms with van der Waals surface area (Å²) in [6.45, 7) is 7.76. The van der Waals surface area contributed by atoms with Gasteiger partial charge in [0.1, 0.15) is 0 Å². The van der Waals surface area contributed by atoms with Crippen LogP contribution in [0.25, 0.3) is 71.0 Å². The highest BCUT2D eigenvalue weighted by Crippen LogP contribution is 2.39. The van der Waals surface area contributed by atoms with E-state index in [2.05, 4.69) is 141 Å². The number of aromatic nitrogens is 2. The van der Waals surface area contributed by atoms with Gasteiger partial charge < -0.3 is 9.13 Å². The van der Waals surface area contributed by atoms with E-state index in [0.717, 1.165) is 33.5 Å². The first-order valence-electron chi connectivity index (χ1n) is 13.4. The summed E-state index contributed by atoms with van der Waals surface area (Å²) in [7, 11) is 0. The van der Waals surface area contributed by atoms with Crippen LogP contribution in [-0.2, 0) is 0 Å². The van der Waals surface area contributed by atoms with Crippen LogP contribution in [0, 0.1) is 6.57 Å². The zero-order valence-corrected chi connectivity index (χ0v) is 21.6. The summed E-state index contributed by atoms with van der Waals surface area (Å²) in [4.78, 5) is 3.80. The van der Waals surface area contributed by atoms with Crippen molar-refractivity contribution in [3.63, 3.8) is 0 Å². The fourth-order valence-corrected chi connectivity index (χ4v) is 6.21. The zero-order chi connectivity index (χ0) is 26.6. The number of rotatable bonds is 3. The second-order valence-corrected chi connectivity index (χ2v) is 10.1. The third kappa shape index (κ3) is 3.24. The minimum absolute atomic E-state index is 0.624. The predicted octanol–water partition coefficient (Wildman–Crippen LogP) is 10.1. The lowest BCUT2D eigenvalue weighted by atomic mass is 10.0. The number of benzene rings is 6. The van der Waals surface area contributed by atoms with Gasteiger partial charge >= 0.3 is 0 Å². The summed E-state index contributed by atoms with van der Waals surface area (Å²) in [6, 6.07) is 49.0. The Kier molecular flexibility index (Phi) is 4.89. The molecule has 8 aromatic rings. The van der Waals surface area contributed by atoms with Crippen LogP contribution in [0.3, 0.4) is 0 Å². The molecular formula is C37H23N3. The highest BCUT2D eigenvalue weighted by Gasteiger charge is 2.17. The molecule has 186 valence electrons. The number of para-hydroxylation sites is 4. The smallest absolute Gasteiger partial charge is 0.189 e. The molecule has 0 aliphatic rings. The Hall–Kier alpha value is -5.59. The predicted molar refractivity (Wildman–Crippen MR) is 167 cm³/mol. The number of nitrogens with zero attached hydrogens (tertiary/aromatic N) is 3. The SMILES string of the molecule is [C-]#[N+]c1ccc(-c2cccc(-n3c4ccccc4c4ccccc43)c2)c(-n2c3ccccc3c3ccccc32)c1. The summed E-state index contributed by atoms with van der Waals surface area (Å²) in [5.41, 5.74) is 9.56. The van der Waals surface area contributed by atoms with Crippen molar-refractivity contribution in [3.8, 4) is 22.5 Å². The van der Waals surface area contributed by atoms with E-state index in [-0.39, 0.29) is 0 Å². The van der Waals surface area contributed by atoms with Crippen LogP contribution in [0.2, 0.25) is 0 Å². The summed E-state index contributed by atoms with van der Waals surface area (Å²) < 4.78 is 4.66. The maximum atomic E-state index is 7.76. The van der Waals surface area contributed by atoms with Gasteiger partial charge in [-0.25, -0.2) is 4.85 Å². The molecule has 0 aliphatic heterocycles. The van der Waals surface area contributed by atoms with Gasteiger partial charge in [0.25, 0.3) is 0 Å². The lowest BCUT2D eigenvalue weighted by Gasteiger charge is -2.16. The minimum atomic E-state index is 0.624. The first-order chi connectivity index (χ1) is 19.8. The van der Waals surface area contributed by atoms with Crippen LogP contribution in [-0.4, -0.2) is 9.13 Å². The van der Waals surface area contributed by atoms with Crippen LogP contribution in [0.1, 0.15) is 0 Å². The van der Waals surface area contributed by atoms with Gasteiger partial charge in [0.05, 0.1) is 28.6 Å². The van der Waals surface area contributed by atoms with E-state index in [1.54, 1.807) is 0 Å². The summed E-state index contributed by atoms with van der Waals surface area (Å²) in [5, 5.41) is 4.90. The highest BCUT2D eigenvalue weighted by molar-refractivity contribution is 6.10. The Morgan fingerprint density at radius 1 is 0.450 bits per heavy atom. The molecule has 0 amide bonds. The van der Waals surface area contributed by atoms with Gasteiger partial charge in [-0.2, -0.15) is 0 Å². The Morgan fingerprint density at radius 2 is 0.950 bits per heavy atom. The minimum Gasteiger partial charge on any atom is -0.310 e. The first-order valence-corrected chi connectivity index (χ1v) is 13.4. The van der Waals surface area contributed by atoms with Crippen LogP contribution < -0.4 is 0 Å². The van der Waals surface area contributed by atoms with Crippen molar-refractivity contribution in [2.24, 2.45) is 0 Å². The molecule has 3 nitrogen and oxygen atoms in total. The molecule has 0 spiro atoms. The maximum Gasteiger partial charge on any atom is 0.189 e. The van der Waals surface area contributed by atoms with Gasteiger partial charge in [-0.1, -0.05) is 97.1 Å².